The van der Waals surface area contributed by atoms with Gasteiger partial charge in [-0.2, -0.15) is 0 Å². The van der Waals surface area contributed by atoms with Gasteiger partial charge in [0.25, 0.3) is 5.91 Å². The molecule has 0 saturated heterocycles. The second kappa shape index (κ2) is 7.14. The summed E-state index contributed by atoms with van der Waals surface area (Å²) in [6.07, 6.45) is 2.53. The Morgan fingerprint density at radius 3 is 2.76 bits per heavy atom. The van der Waals surface area contributed by atoms with Crippen LogP contribution in [0.3, 0.4) is 0 Å². The van der Waals surface area contributed by atoms with Crippen LogP contribution in [0, 0.1) is 0 Å². The predicted molar refractivity (Wildman–Crippen MR) is 84.7 cm³/mol. The van der Waals surface area contributed by atoms with Gasteiger partial charge in [0.15, 0.2) is 6.61 Å². The molecule has 21 heavy (non-hydrogen) atoms. The maximum atomic E-state index is 11.9. The molecule has 116 valence electrons. The van der Waals surface area contributed by atoms with E-state index >= 15 is 0 Å². The summed E-state index contributed by atoms with van der Waals surface area (Å²) in [6.45, 7) is 4.76. The molecule has 1 aliphatic rings. The van der Waals surface area contributed by atoms with E-state index in [1.807, 2.05) is 32.0 Å². The molecule has 1 aliphatic carbocycles. The van der Waals surface area contributed by atoms with Gasteiger partial charge in [0.1, 0.15) is 5.75 Å². The summed E-state index contributed by atoms with van der Waals surface area (Å²) >= 11 is 6.21. The molecule has 1 N–H and O–H groups in total. The van der Waals surface area contributed by atoms with E-state index in [-0.39, 0.29) is 18.6 Å². The fourth-order valence-electron chi connectivity index (χ4n) is 1.85. The van der Waals surface area contributed by atoms with Crippen molar-refractivity contribution in [3.8, 4) is 5.75 Å². The fraction of sp³-hybridized carbons (Fsp3) is 0.562. The first-order chi connectivity index (χ1) is 9.97. The summed E-state index contributed by atoms with van der Waals surface area (Å²) in [5.41, 5.74) is 1.13. The minimum atomic E-state index is -0.0551. The number of carbonyl (C=O) groups is 1. The normalized spacial score (nSPS) is 14.3. The molecule has 0 unspecified atom stereocenters. The number of benzene rings is 1. The molecule has 4 nitrogen and oxygen atoms in total. The second-order valence-electron chi connectivity index (χ2n) is 5.81. The molecule has 1 saturated carbocycles. The first-order valence-corrected chi connectivity index (χ1v) is 7.75. The van der Waals surface area contributed by atoms with Crippen LogP contribution in [0.4, 0.5) is 0 Å². The van der Waals surface area contributed by atoms with Crippen LogP contribution >= 0.6 is 11.6 Å². The molecule has 1 fully saturated rings. The van der Waals surface area contributed by atoms with E-state index in [1.165, 1.54) is 12.8 Å². The van der Waals surface area contributed by atoms with Crippen molar-refractivity contribution in [1.29, 1.82) is 0 Å². The Labute approximate surface area is 131 Å². The number of nitrogens with one attached hydrogen (secondary N) is 1. The number of hydrogen-bond acceptors (Lipinski definition) is 3. The van der Waals surface area contributed by atoms with Gasteiger partial charge < -0.3 is 15.0 Å². The highest BCUT2D eigenvalue weighted by atomic mass is 35.5. The highest BCUT2D eigenvalue weighted by molar-refractivity contribution is 6.32. The molecule has 2 rings (SSSR count). The lowest BCUT2D eigenvalue weighted by atomic mass is 10.2. The van der Waals surface area contributed by atoms with Crippen molar-refractivity contribution in [2.75, 3.05) is 13.7 Å². The van der Waals surface area contributed by atoms with Crippen molar-refractivity contribution in [2.24, 2.45) is 0 Å². The highest BCUT2D eigenvalue weighted by Gasteiger charge is 2.20. The molecule has 1 aromatic carbocycles. The molecular weight excluding hydrogens is 288 g/mol. The molecule has 0 aliphatic heterocycles. The van der Waals surface area contributed by atoms with Crippen LogP contribution in [-0.4, -0.2) is 36.5 Å². The largest absolute Gasteiger partial charge is 0.482 e. The van der Waals surface area contributed by atoms with Gasteiger partial charge in [-0.1, -0.05) is 17.7 Å². The molecule has 5 heteroatoms. The molecular formula is C16H23ClN2O2. The smallest absolute Gasteiger partial charge is 0.260 e. The van der Waals surface area contributed by atoms with Gasteiger partial charge >= 0.3 is 0 Å². The monoisotopic (exact) mass is 310 g/mol. The highest BCUT2D eigenvalue weighted by Crippen LogP contribution is 2.26. The van der Waals surface area contributed by atoms with E-state index < -0.39 is 0 Å². The average Bonchev–Trinajstić information content (AvgIpc) is 3.27. The van der Waals surface area contributed by atoms with E-state index in [9.17, 15) is 4.79 Å². The maximum Gasteiger partial charge on any atom is 0.260 e. The molecule has 0 heterocycles. The van der Waals surface area contributed by atoms with Crippen LogP contribution < -0.4 is 10.1 Å². The molecule has 0 spiro atoms. The van der Waals surface area contributed by atoms with Gasteiger partial charge in [-0.15, -0.1) is 0 Å². The van der Waals surface area contributed by atoms with Crippen LogP contribution in [0.2, 0.25) is 5.02 Å². The Morgan fingerprint density at radius 1 is 1.48 bits per heavy atom. The van der Waals surface area contributed by atoms with Gasteiger partial charge in [0, 0.05) is 25.7 Å². The van der Waals surface area contributed by atoms with Crippen molar-refractivity contribution in [3.63, 3.8) is 0 Å². The summed E-state index contributed by atoms with van der Waals surface area (Å²) in [7, 11) is 1.77. The number of halogens is 1. The summed E-state index contributed by atoms with van der Waals surface area (Å²) in [4.78, 5) is 13.5. The second-order valence-corrected chi connectivity index (χ2v) is 6.21. The standard InChI is InChI=1S/C16H23ClN2O2/c1-11(2)19(3)16(20)10-21-15-7-4-12(8-14(15)17)9-18-13-5-6-13/h4,7-8,11,13,18H,5-6,9-10H2,1-3H3. The zero-order chi connectivity index (χ0) is 15.4. The minimum absolute atomic E-state index is 0.00801. The lowest BCUT2D eigenvalue weighted by molar-refractivity contribution is -0.133. The van der Waals surface area contributed by atoms with E-state index in [0.29, 0.717) is 16.8 Å². The molecule has 1 aromatic rings. The first-order valence-electron chi connectivity index (χ1n) is 7.37. The van der Waals surface area contributed by atoms with E-state index in [0.717, 1.165) is 12.1 Å². The lowest BCUT2D eigenvalue weighted by Gasteiger charge is -2.21. The molecule has 0 radical (unpaired) electrons. The average molecular weight is 311 g/mol. The van der Waals surface area contributed by atoms with Crippen LogP contribution in [-0.2, 0) is 11.3 Å². The molecule has 1 amide bonds. The lowest BCUT2D eigenvalue weighted by Crippen LogP contribution is -2.36. The summed E-state index contributed by atoms with van der Waals surface area (Å²) in [6, 6.07) is 6.53. The van der Waals surface area contributed by atoms with Gasteiger partial charge in [-0.3, -0.25) is 4.79 Å². The molecule has 0 atom stereocenters. The van der Waals surface area contributed by atoms with Gasteiger partial charge in [-0.05, 0) is 44.4 Å². The number of carbonyl (C=O) groups excluding carboxylic acids is 1. The number of amides is 1. The Bertz CT molecular complexity index is 501. The number of hydrogen-bond donors (Lipinski definition) is 1. The van der Waals surface area contributed by atoms with Crippen molar-refractivity contribution in [2.45, 2.75) is 45.3 Å². The van der Waals surface area contributed by atoms with Crippen LogP contribution in [0.5, 0.6) is 5.75 Å². The van der Waals surface area contributed by atoms with Crippen molar-refractivity contribution in [1.82, 2.24) is 10.2 Å². The first kappa shape index (κ1) is 16.1. The minimum Gasteiger partial charge on any atom is -0.482 e. The van der Waals surface area contributed by atoms with Gasteiger partial charge in [0.05, 0.1) is 5.02 Å². The number of likely N-dealkylation sites (N-methyl/N-ethyl adjacent to an activating group) is 1. The third-order valence-corrected chi connectivity index (χ3v) is 3.98. The van der Waals surface area contributed by atoms with Crippen molar-refractivity contribution < 1.29 is 9.53 Å². The zero-order valence-electron chi connectivity index (χ0n) is 12.9. The summed E-state index contributed by atoms with van der Waals surface area (Å²) < 4.78 is 5.52. The summed E-state index contributed by atoms with van der Waals surface area (Å²) in [5.74, 6) is 0.498. The van der Waals surface area contributed by atoms with E-state index in [2.05, 4.69) is 5.32 Å². The van der Waals surface area contributed by atoms with Crippen molar-refractivity contribution in [3.05, 3.63) is 28.8 Å². The SMILES string of the molecule is CC(C)N(C)C(=O)COc1ccc(CNC2CC2)cc1Cl. The predicted octanol–water partition coefficient (Wildman–Crippen LogP) is 2.84. The Morgan fingerprint density at radius 2 is 2.19 bits per heavy atom. The molecule has 0 bridgehead atoms. The van der Waals surface area contributed by atoms with E-state index in [4.69, 9.17) is 16.3 Å². The Hall–Kier alpha value is -1.26. The topological polar surface area (TPSA) is 41.6 Å². The third-order valence-electron chi connectivity index (χ3n) is 3.69. The number of nitrogens with zero attached hydrogens (tertiary/aromatic N) is 1. The van der Waals surface area contributed by atoms with Crippen LogP contribution in [0.25, 0.3) is 0 Å². The van der Waals surface area contributed by atoms with Gasteiger partial charge in [0.2, 0.25) is 0 Å². The zero-order valence-corrected chi connectivity index (χ0v) is 13.6. The number of ether oxygens (including phenoxy) is 1. The quantitative estimate of drug-likeness (QED) is 0.842. The molecule has 0 aromatic heterocycles. The summed E-state index contributed by atoms with van der Waals surface area (Å²) in [5, 5.41) is 3.98. The van der Waals surface area contributed by atoms with Crippen LogP contribution in [0.1, 0.15) is 32.3 Å². The maximum absolute atomic E-state index is 11.9. The van der Waals surface area contributed by atoms with Gasteiger partial charge in [-0.25, -0.2) is 0 Å². The van der Waals surface area contributed by atoms with E-state index in [1.54, 1.807) is 11.9 Å². The number of rotatable bonds is 7. The fourth-order valence-corrected chi connectivity index (χ4v) is 2.11. The Balaban J connectivity index is 1.86. The third kappa shape index (κ3) is 4.90. The Kier molecular flexibility index (Phi) is 5.48. The van der Waals surface area contributed by atoms with Crippen molar-refractivity contribution >= 4 is 17.5 Å². The van der Waals surface area contributed by atoms with Crippen LogP contribution in [0.15, 0.2) is 18.2 Å².